The van der Waals surface area contributed by atoms with Crippen molar-refractivity contribution in [1.29, 1.82) is 0 Å². The summed E-state index contributed by atoms with van der Waals surface area (Å²) in [6, 6.07) is 11.6. The Labute approximate surface area is 109 Å². The van der Waals surface area contributed by atoms with Crippen molar-refractivity contribution in [2.75, 3.05) is 0 Å². The van der Waals surface area contributed by atoms with Crippen molar-refractivity contribution in [3.8, 4) is 11.4 Å². The highest BCUT2D eigenvalue weighted by Gasteiger charge is 2.09. The number of hydrogen-bond donors (Lipinski definition) is 1. The lowest BCUT2D eigenvalue weighted by atomic mass is 10.2. The summed E-state index contributed by atoms with van der Waals surface area (Å²) in [7, 11) is 0. The van der Waals surface area contributed by atoms with Crippen LogP contribution in [0.1, 0.15) is 11.3 Å². The van der Waals surface area contributed by atoms with Crippen LogP contribution in [-0.2, 0) is 13.1 Å². The Morgan fingerprint density at radius 3 is 2.79 bits per heavy atom. The molecule has 19 heavy (non-hydrogen) atoms. The van der Waals surface area contributed by atoms with Gasteiger partial charge in [0.15, 0.2) is 0 Å². The average Bonchev–Trinajstić information content (AvgIpc) is 3.09. The minimum Gasteiger partial charge on any atom is -0.468 e. The van der Waals surface area contributed by atoms with Crippen molar-refractivity contribution in [1.82, 2.24) is 20.2 Å². The number of tetrazole rings is 1. The molecule has 0 bridgehead atoms. The highest BCUT2D eigenvalue weighted by Crippen LogP contribution is 2.14. The molecule has 1 aromatic carbocycles. The largest absolute Gasteiger partial charge is 0.468 e. The third-order valence-corrected chi connectivity index (χ3v) is 2.82. The summed E-state index contributed by atoms with van der Waals surface area (Å²) in [6.07, 6.45) is 1.62. The normalized spacial score (nSPS) is 10.8. The smallest absolute Gasteiger partial charge is 0.204 e. The molecule has 96 valence electrons. The van der Waals surface area contributed by atoms with Crippen LogP contribution < -0.4 is 5.73 Å². The lowest BCUT2D eigenvalue weighted by molar-refractivity contribution is 0.496. The summed E-state index contributed by atoms with van der Waals surface area (Å²) in [6.45, 7) is 0.867. The van der Waals surface area contributed by atoms with E-state index in [4.69, 9.17) is 10.2 Å². The molecule has 0 fully saturated rings. The number of furan rings is 1. The Bertz CT molecular complexity index is 658. The van der Waals surface area contributed by atoms with E-state index >= 15 is 0 Å². The van der Waals surface area contributed by atoms with E-state index in [1.165, 1.54) is 4.80 Å². The molecule has 0 radical (unpaired) electrons. The first-order valence-corrected chi connectivity index (χ1v) is 5.95. The van der Waals surface area contributed by atoms with Crippen molar-refractivity contribution in [3.63, 3.8) is 0 Å². The number of benzene rings is 1. The second kappa shape index (κ2) is 5.03. The summed E-state index contributed by atoms with van der Waals surface area (Å²) in [5, 5.41) is 12.4. The summed E-state index contributed by atoms with van der Waals surface area (Å²) in [5.74, 6) is 1.36. The SMILES string of the molecule is NCc1occc1Cn1nnc(-c2ccccc2)n1. The van der Waals surface area contributed by atoms with Gasteiger partial charge < -0.3 is 10.2 Å². The van der Waals surface area contributed by atoms with Gasteiger partial charge in [-0.1, -0.05) is 30.3 Å². The molecule has 0 atom stereocenters. The summed E-state index contributed by atoms with van der Waals surface area (Å²) < 4.78 is 5.26. The first kappa shape index (κ1) is 11.6. The summed E-state index contributed by atoms with van der Waals surface area (Å²) in [5.41, 5.74) is 7.50. The topological polar surface area (TPSA) is 82.8 Å². The van der Waals surface area contributed by atoms with Gasteiger partial charge in [-0.3, -0.25) is 0 Å². The van der Waals surface area contributed by atoms with Crippen LogP contribution in [0.5, 0.6) is 0 Å². The zero-order valence-corrected chi connectivity index (χ0v) is 10.2. The van der Waals surface area contributed by atoms with E-state index in [1.54, 1.807) is 6.26 Å². The molecule has 0 saturated heterocycles. The van der Waals surface area contributed by atoms with Gasteiger partial charge in [0.2, 0.25) is 5.82 Å². The van der Waals surface area contributed by atoms with Gasteiger partial charge in [0.05, 0.1) is 19.4 Å². The van der Waals surface area contributed by atoms with E-state index in [1.807, 2.05) is 36.4 Å². The minimum absolute atomic E-state index is 0.364. The van der Waals surface area contributed by atoms with Crippen LogP contribution in [0.2, 0.25) is 0 Å². The van der Waals surface area contributed by atoms with Crippen molar-refractivity contribution in [2.24, 2.45) is 5.73 Å². The van der Waals surface area contributed by atoms with Gasteiger partial charge in [0.1, 0.15) is 5.76 Å². The molecule has 6 heteroatoms. The Balaban J connectivity index is 1.82. The molecule has 0 aliphatic carbocycles. The van der Waals surface area contributed by atoms with Gasteiger partial charge in [-0.15, -0.1) is 10.2 Å². The first-order valence-electron chi connectivity index (χ1n) is 5.95. The van der Waals surface area contributed by atoms with E-state index < -0.39 is 0 Å². The molecule has 0 amide bonds. The van der Waals surface area contributed by atoms with Gasteiger partial charge in [0, 0.05) is 11.1 Å². The Morgan fingerprint density at radius 2 is 2.00 bits per heavy atom. The predicted molar refractivity (Wildman–Crippen MR) is 69.0 cm³/mol. The van der Waals surface area contributed by atoms with Crippen LogP contribution in [0, 0.1) is 0 Å². The van der Waals surface area contributed by atoms with Crippen LogP contribution in [0.25, 0.3) is 11.4 Å². The van der Waals surface area contributed by atoms with Gasteiger partial charge >= 0.3 is 0 Å². The highest BCUT2D eigenvalue weighted by atomic mass is 16.3. The van der Waals surface area contributed by atoms with Crippen LogP contribution in [0.4, 0.5) is 0 Å². The van der Waals surface area contributed by atoms with E-state index in [0.29, 0.717) is 18.9 Å². The number of aromatic nitrogens is 4. The second-order valence-electron chi connectivity index (χ2n) is 4.08. The van der Waals surface area contributed by atoms with Gasteiger partial charge in [-0.2, -0.15) is 4.80 Å². The lowest BCUT2D eigenvalue weighted by Crippen LogP contribution is -2.07. The minimum atomic E-state index is 0.364. The molecule has 2 aromatic heterocycles. The van der Waals surface area contributed by atoms with Gasteiger partial charge in [0.25, 0.3) is 0 Å². The van der Waals surface area contributed by atoms with Crippen molar-refractivity contribution in [3.05, 3.63) is 54.0 Å². The quantitative estimate of drug-likeness (QED) is 0.762. The molecule has 3 rings (SSSR count). The second-order valence-corrected chi connectivity index (χ2v) is 4.08. The summed E-state index contributed by atoms with van der Waals surface area (Å²) >= 11 is 0. The monoisotopic (exact) mass is 255 g/mol. The Hall–Kier alpha value is -2.47. The molecule has 0 unspecified atom stereocenters. The summed E-state index contributed by atoms with van der Waals surface area (Å²) in [4.78, 5) is 1.53. The lowest BCUT2D eigenvalue weighted by Gasteiger charge is -1.98. The van der Waals surface area contributed by atoms with Crippen molar-refractivity contribution < 1.29 is 4.42 Å². The van der Waals surface area contributed by atoms with Crippen LogP contribution in [-0.4, -0.2) is 20.2 Å². The van der Waals surface area contributed by atoms with Crippen LogP contribution in [0.3, 0.4) is 0 Å². The fraction of sp³-hybridized carbons (Fsp3) is 0.154. The molecule has 0 spiro atoms. The maximum absolute atomic E-state index is 5.59. The average molecular weight is 255 g/mol. The molecular weight excluding hydrogens is 242 g/mol. The van der Waals surface area contributed by atoms with Crippen LogP contribution in [0.15, 0.2) is 47.1 Å². The third-order valence-electron chi connectivity index (χ3n) is 2.82. The van der Waals surface area contributed by atoms with E-state index in [9.17, 15) is 0 Å². The molecule has 0 saturated carbocycles. The number of nitrogens with two attached hydrogens (primary N) is 1. The molecule has 2 N–H and O–H groups in total. The molecule has 0 aliphatic heterocycles. The maximum atomic E-state index is 5.59. The van der Waals surface area contributed by atoms with E-state index in [2.05, 4.69) is 15.4 Å². The Kier molecular flexibility index (Phi) is 3.07. The van der Waals surface area contributed by atoms with Gasteiger partial charge in [-0.05, 0) is 11.3 Å². The highest BCUT2D eigenvalue weighted by molar-refractivity contribution is 5.52. The van der Waals surface area contributed by atoms with Crippen LogP contribution >= 0.6 is 0 Å². The molecule has 0 aliphatic rings. The zero-order chi connectivity index (χ0) is 13.1. The molecular formula is C13H13N5O. The fourth-order valence-electron chi connectivity index (χ4n) is 1.85. The van der Waals surface area contributed by atoms with Crippen molar-refractivity contribution in [2.45, 2.75) is 13.1 Å². The zero-order valence-electron chi connectivity index (χ0n) is 10.2. The van der Waals surface area contributed by atoms with Crippen molar-refractivity contribution >= 4 is 0 Å². The molecule has 6 nitrogen and oxygen atoms in total. The van der Waals surface area contributed by atoms with E-state index in [-0.39, 0.29) is 0 Å². The standard InChI is InChI=1S/C13H13N5O/c14-8-12-11(6-7-19-12)9-18-16-13(15-17-18)10-4-2-1-3-5-10/h1-7H,8-9,14H2. The first-order chi connectivity index (χ1) is 9.36. The predicted octanol–water partition coefficient (Wildman–Crippen LogP) is 1.44. The number of hydrogen-bond acceptors (Lipinski definition) is 5. The number of rotatable bonds is 4. The Morgan fingerprint density at radius 1 is 1.16 bits per heavy atom. The third kappa shape index (κ3) is 2.38. The molecule has 3 aromatic rings. The number of nitrogens with zero attached hydrogens (tertiary/aromatic N) is 4. The van der Waals surface area contributed by atoms with E-state index in [0.717, 1.165) is 16.9 Å². The van der Waals surface area contributed by atoms with Gasteiger partial charge in [-0.25, -0.2) is 0 Å². The fourth-order valence-corrected chi connectivity index (χ4v) is 1.85. The molecule has 2 heterocycles. The maximum Gasteiger partial charge on any atom is 0.204 e.